The summed E-state index contributed by atoms with van der Waals surface area (Å²) in [7, 11) is 0. The molecule has 0 unspecified atom stereocenters. The summed E-state index contributed by atoms with van der Waals surface area (Å²) in [5, 5.41) is 8.76. The zero-order chi connectivity index (χ0) is 13.0. The number of aromatic carboxylic acids is 1. The van der Waals surface area contributed by atoms with Gasteiger partial charge in [-0.25, -0.2) is 14.6 Å². The van der Waals surface area contributed by atoms with Crippen LogP contribution in [0.3, 0.4) is 0 Å². The summed E-state index contributed by atoms with van der Waals surface area (Å²) in [5.74, 6) is -1.66. The van der Waals surface area contributed by atoms with E-state index in [1.54, 1.807) is 18.3 Å². The van der Waals surface area contributed by atoms with Crippen LogP contribution in [-0.2, 0) is 0 Å². The molecule has 0 amide bonds. The van der Waals surface area contributed by atoms with Gasteiger partial charge in [-0.2, -0.15) is 0 Å². The summed E-state index contributed by atoms with van der Waals surface area (Å²) in [6.07, 6.45) is 2.92. The van der Waals surface area contributed by atoms with Crippen molar-refractivity contribution in [1.29, 1.82) is 0 Å². The van der Waals surface area contributed by atoms with Crippen LogP contribution in [0.1, 0.15) is 21.0 Å². The summed E-state index contributed by atoms with van der Waals surface area (Å²) in [5.41, 5.74) is -0.283. The average molecular weight is 244 g/mol. The van der Waals surface area contributed by atoms with Gasteiger partial charge in [0.15, 0.2) is 0 Å². The number of carboxylic acid groups (broad SMARTS) is 1. The number of pyridine rings is 2. The van der Waals surface area contributed by atoms with Crippen LogP contribution < -0.4 is 4.74 Å². The summed E-state index contributed by atoms with van der Waals surface area (Å²) < 4.78 is 4.98. The zero-order valence-corrected chi connectivity index (χ0v) is 9.11. The number of rotatable bonds is 3. The van der Waals surface area contributed by atoms with Crippen molar-refractivity contribution in [3.8, 4) is 5.75 Å². The number of carbonyl (C=O) groups excluding carboxylic acids is 1. The number of carbonyl (C=O) groups is 2. The zero-order valence-electron chi connectivity index (χ0n) is 9.11. The van der Waals surface area contributed by atoms with Crippen LogP contribution in [0.5, 0.6) is 5.75 Å². The Labute approximate surface area is 102 Å². The van der Waals surface area contributed by atoms with Crippen LogP contribution >= 0.6 is 0 Å². The number of carboxylic acids is 1. The first-order valence-corrected chi connectivity index (χ1v) is 4.99. The molecule has 0 aliphatic carbocycles. The summed E-state index contributed by atoms with van der Waals surface area (Å²) in [6.45, 7) is 0. The fourth-order valence-electron chi connectivity index (χ4n) is 1.23. The Balaban J connectivity index is 2.19. The smallest absolute Gasteiger partial charge is 0.362 e. The molecule has 0 bridgehead atoms. The van der Waals surface area contributed by atoms with Gasteiger partial charge in [0.25, 0.3) is 0 Å². The Morgan fingerprint density at radius 3 is 2.56 bits per heavy atom. The highest BCUT2D eigenvalue weighted by atomic mass is 16.5. The SMILES string of the molecule is O=C(O)c1cccc(C(=O)Oc2cccnc2)n1. The average Bonchev–Trinajstić information content (AvgIpc) is 2.40. The first-order valence-electron chi connectivity index (χ1n) is 4.99. The predicted octanol–water partition coefficient (Wildman–Crippen LogP) is 1.39. The molecular formula is C12H8N2O4. The third-order valence-electron chi connectivity index (χ3n) is 2.02. The first kappa shape index (κ1) is 11.7. The molecule has 0 saturated carbocycles. The maximum atomic E-state index is 11.7. The molecular weight excluding hydrogens is 236 g/mol. The molecule has 2 aromatic rings. The summed E-state index contributed by atoms with van der Waals surface area (Å²) >= 11 is 0. The van der Waals surface area contributed by atoms with Crippen molar-refractivity contribution < 1.29 is 19.4 Å². The largest absolute Gasteiger partial charge is 0.477 e. The molecule has 2 aromatic heterocycles. The molecule has 0 spiro atoms. The molecule has 0 aromatic carbocycles. The minimum absolute atomic E-state index is 0.0706. The van der Waals surface area contributed by atoms with Crippen molar-refractivity contribution >= 4 is 11.9 Å². The number of hydrogen-bond acceptors (Lipinski definition) is 5. The van der Waals surface area contributed by atoms with Crippen molar-refractivity contribution in [1.82, 2.24) is 9.97 Å². The van der Waals surface area contributed by atoms with Crippen molar-refractivity contribution in [2.75, 3.05) is 0 Å². The van der Waals surface area contributed by atoms with E-state index in [2.05, 4.69) is 9.97 Å². The van der Waals surface area contributed by atoms with Crippen LogP contribution in [0.2, 0.25) is 0 Å². The van der Waals surface area contributed by atoms with Gasteiger partial charge in [0.2, 0.25) is 0 Å². The van der Waals surface area contributed by atoms with E-state index in [0.29, 0.717) is 0 Å². The standard InChI is InChI=1S/C12H8N2O4/c15-11(16)9-4-1-5-10(14-9)12(17)18-8-3-2-6-13-7-8/h1-7H,(H,15,16). The maximum absolute atomic E-state index is 11.7. The van der Waals surface area contributed by atoms with Gasteiger partial charge in [0.1, 0.15) is 17.1 Å². The Morgan fingerprint density at radius 1 is 1.11 bits per heavy atom. The van der Waals surface area contributed by atoms with Crippen LogP contribution in [0.25, 0.3) is 0 Å². The number of esters is 1. The van der Waals surface area contributed by atoms with E-state index >= 15 is 0 Å². The van der Waals surface area contributed by atoms with E-state index in [4.69, 9.17) is 9.84 Å². The fraction of sp³-hybridized carbons (Fsp3) is 0. The highest BCUT2D eigenvalue weighted by Gasteiger charge is 2.13. The van der Waals surface area contributed by atoms with Crippen LogP contribution in [0.15, 0.2) is 42.7 Å². The van der Waals surface area contributed by atoms with Gasteiger partial charge >= 0.3 is 11.9 Å². The van der Waals surface area contributed by atoms with Gasteiger partial charge in [-0.15, -0.1) is 0 Å². The van der Waals surface area contributed by atoms with E-state index in [1.807, 2.05) is 0 Å². The number of nitrogens with zero attached hydrogens (tertiary/aromatic N) is 2. The molecule has 1 N–H and O–H groups in total. The van der Waals surface area contributed by atoms with Crippen molar-refractivity contribution in [3.05, 3.63) is 54.1 Å². The lowest BCUT2D eigenvalue weighted by molar-refractivity contribution is 0.0689. The van der Waals surface area contributed by atoms with Gasteiger partial charge in [0, 0.05) is 6.20 Å². The Morgan fingerprint density at radius 2 is 1.89 bits per heavy atom. The van der Waals surface area contributed by atoms with E-state index < -0.39 is 11.9 Å². The summed E-state index contributed by atoms with van der Waals surface area (Å²) in [4.78, 5) is 29.9. The van der Waals surface area contributed by atoms with Crippen molar-refractivity contribution in [2.45, 2.75) is 0 Å². The Bertz CT molecular complexity index is 584. The van der Waals surface area contributed by atoms with Crippen LogP contribution in [0.4, 0.5) is 0 Å². The monoisotopic (exact) mass is 244 g/mol. The van der Waals surface area contributed by atoms with E-state index in [0.717, 1.165) is 0 Å². The Hall–Kier alpha value is -2.76. The highest BCUT2D eigenvalue weighted by Crippen LogP contribution is 2.09. The lowest BCUT2D eigenvalue weighted by Gasteiger charge is -2.03. The van der Waals surface area contributed by atoms with Crippen molar-refractivity contribution in [2.24, 2.45) is 0 Å². The molecule has 0 fully saturated rings. The molecule has 2 rings (SSSR count). The van der Waals surface area contributed by atoms with Crippen molar-refractivity contribution in [3.63, 3.8) is 0 Å². The van der Waals surface area contributed by atoms with Crippen LogP contribution in [0, 0.1) is 0 Å². The third-order valence-corrected chi connectivity index (χ3v) is 2.02. The molecule has 0 saturated heterocycles. The van der Waals surface area contributed by atoms with Crippen LogP contribution in [-0.4, -0.2) is 27.0 Å². The number of ether oxygens (including phenoxy) is 1. The quantitative estimate of drug-likeness (QED) is 0.820. The minimum atomic E-state index is -1.20. The number of aromatic nitrogens is 2. The highest BCUT2D eigenvalue weighted by molar-refractivity contribution is 5.91. The van der Waals surface area contributed by atoms with E-state index in [-0.39, 0.29) is 17.1 Å². The number of hydrogen-bond donors (Lipinski definition) is 1. The topological polar surface area (TPSA) is 89.4 Å². The van der Waals surface area contributed by atoms with E-state index in [1.165, 1.54) is 24.4 Å². The molecule has 0 atom stereocenters. The molecule has 90 valence electrons. The molecule has 18 heavy (non-hydrogen) atoms. The molecule has 0 radical (unpaired) electrons. The summed E-state index contributed by atoms with van der Waals surface area (Å²) in [6, 6.07) is 7.28. The molecule has 6 heteroatoms. The fourth-order valence-corrected chi connectivity index (χ4v) is 1.23. The third kappa shape index (κ3) is 2.67. The molecule has 2 heterocycles. The van der Waals surface area contributed by atoms with Gasteiger partial charge < -0.3 is 9.84 Å². The van der Waals surface area contributed by atoms with Gasteiger partial charge in [-0.05, 0) is 24.3 Å². The second kappa shape index (κ2) is 5.05. The Kier molecular flexibility index (Phi) is 3.29. The molecule has 0 aliphatic rings. The normalized spacial score (nSPS) is 9.78. The molecule has 0 aliphatic heterocycles. The second-order valence-electron chi connectivity index (χ2n) is 3.29. The van der Waals surface area contributed by atoms with Gasteiger partial charge in [-0.3, -0.25) is 4.98 Å². The minimum Gasteiger partial charge on any atom is -0.477 e. The van der Waals surface area contributed by atoms with Gasteiger partial charge in [0.05, 0.1) is 6.20 Å². The van der Waals surface area contributed by atoms with Gasteiger partial charge in [-0.1, -0.05) is 6.07 Å². The first-order chi connectivity index (χ1) is 8.66. The maximum Gasteiger partial charge on any atom is 0.362 e. The lowest BCUT2D eigenvalue weighted by atomic mass is 10.3. The van der Waals surface area contributed by atoms with E-state index in [9.17, 15) is 9.59 Å². The molecule has 6 nitrogen and oxygen atoms in total. The lowest BCUT2D eigenvalue weighted by Crippen LogP contribution is -2.13. The second-order valence-corrected chi connectivity index (χ2v) is 3.29. The predicted molar refractivity (Wildman–Crippen MR) is 60.4 cm³/mol.